The zero-order chi connectivity index (χ0) is 25.2. The van der Waals surface area contributed by atoms with Crippen LogP contribution in [0.1, 0.15) is 37.6 Å². The van der Waals surface area contributed by atoms with Crippen LogP contribution in [0.3, 0.4) is 0 Å². The molecular weight excluding hydrogens is 468 g/mol. The second kappa shape index (κ2) is 10.1. The number of nitrogens with zero attached hydrogens (tertiary/aromatic N) is 3. The number of hydrogen-bond donors (Lipinski definition) is 1. The number of sulfonamides is 1. The highest BCUT2D eigenvalue weighted by Gasteiger charge is 2.27. The summed E-state index contributed by atoms with van der Waals surface area (Å²) in [6.45, 7) is 7.17. The first kappa shape index (κ1) is 24.7. The largest absolute Gasteiger partial charge is 0.447 e. The van der Waals surface area contributed by atoms with Crippen LogP contribution in [0.2, 0.25) is 0 Å². The van der Waals surface area contributed by atoms with Crippen LogP contribution >= 0.6 is 0 Å². The summed E-state index contributed by atoms with van der Waals surface area (Å²) in [6.07, 6.45) is 3.42. The highest BCUT2D eigenvalue weighted by Crippen LogP contribution is 2.23. The number of pyridine rings is 1. The molecule has 1 aliphatic carbocycles. The quantitative estimate of drug-likeness (QED) is 0.673. The van der Waals surface area contributed by atoms with Gasteiger partial charge in [-0.1, -0.05) is 19.1 Å². The van der Waals surface area contributed by atoms with Crippen LogP contribution in [0.25, 0.3) is 11.0 Å². The fourth-order valence-electron chi connectivity index (χ4n) is 4.23. The van der Waals surface area contributed by atoms with E-state index in [0.717, 1.165) is 5.22 Å². The molecule has 1 aromatic carbocycles. The molecule has 2 aromatic rings. The molecule has 10 heteroatoms. The molecule has 1 aromatic heterocycles. The van der Waals surface area contributed by atoms with Crippen molar-refractivity contribution in [2.24, 2.45) is 5.92 Å². The predicted octanol–water partition coefficient (Wildman–Crippen LogP) is 1.75. The lowest BCUT2D eigenvalue weighted by Gasteiger charge is -2.34. The lowest BCUT2D eigenvalue weighted by molar-refractivity contribution is 0.0476. The predicted molar refractivity (Wildman–Crippen MR) is 133 cm³/mol. The summed E-state index contributed by atoms with van der Waals surface area (Å²) in [7, 11) is -3.82. The summed E-state index contributed by atoms with van der Waals surface area (Å²) >= 11 is 0. The van der Waals surface area contributed by atoms with E-state index in [0.29, 0.717) is 49.2 Å². The van der Waals surface area contributed by atoms with Crippen molar-refractivity contribution in [2.75, 3.05) is 30.9 Å². The average Bonchev–Trinajstić information content (AvgIpc) is 2.83. The van der Waals surface area contributed by atoms with E-state index < -0.39 is 10.0 Å². The van der Waals surface area contributed by atoms with Crippen molar-refractivity contribution in [1.29, 1.82) is 0 Å². The fourth-order valence-corrected chi connectivity index (χ4v) is 5.70. The molecular formula is C25H30N4O5S. The van der Waals surface area contributed by atoms with Gasteiger partial charge in [0.25, 0.3) is 15.9 Å². The Kier molecular flexibility index (Phi) is 7.11. The molecule has 2 aliphatic rings. The summed E-state index contributed by atoms with van der Waals surface area (Å²) in [6, 6.07) is 10.0. The summed E-state index contributed by atoms with van der Waals surface area (Å²) < 4.78 is 34.2. The number of hydrogen-bond acceptors (Lipinski definition) is 6. The van der Waals surface area contributed by atoms with Crippen LogP contribution in [-0.2, 0) is 14.8 Å². The molecule has 0 radical (unpaired) electrons. The number of amides is 2. The van der Waals surface area contributed by atoms with Crippen molar-refractivity contribution in [2.45, 2.75) is 33.3 Å². The Morgan fingerprint density at radius 1 is 1.06 bits per heavy atom. The zero-order valence-electron chi connectivity index (χ0n) is 20.1. The second-order valence-corrected chi connectivity index (χ2v) is 10.8. The summed E-state index contributed by atoms with van der Waals surface area (Å²) in [5, 5.41) is 1.28. The van der Waals surface area contributed by atoms with Crippen LogP contribution in [0, 0.1) is 5.92 Å². The van der Waals surface area contributed by atoms with Crippen molar-refractivity contribution >= 4 is 38.7 Å². The smallest absolute Gasteiger partial charge is 0.410 e. The number of rotatable bonds is 5. The van der Waals surface area contributed by atoms with E-state index in [9.17, 15) is 18.0 Å². The minimum Gasteiger partial charge on any atom is -0.447 e. The normalized spacial score (nSPS) is 18.1. The zero-order valence-corrected chi connectivity index (χ0v) is 20.9. The van der Waals surface area contributed by atoms with E-state index in [2.05, 4.69) is 9.71 Å². The molecule has 35 heavy (non-hydrogen) atoms. The first-order valence-corrected chi connectivity index (χ1v) is 13.2. The molecule has 1 unspecified atom stereocenters. The van der Waals surface area contributed by atoms with E-state index in [4.69, 9.17) is 4.74 Å². The van der Waals surface area contributed by atoms with Crippen LogP contribution in [-0.4, -0.2) is 67.5 Å². The third-order valence-electron chi connectivity index (χ3n) is 5.94. The molecule has 4 rings (SSSR count). The maximum absolute atomic E-state index is 13.2. The monoisotopic (exact) mass is 498 g/mol. The molecule has 1 N–H and O–H groups in total. The lowest BCUT2D eigenvalue weighted by Crippen LogP contribution is -2.51. The number of carbonyl (C=O) groups excluding carboxylic acids is 2. The average molecular weight is 499 g/mol. The van der Waals surface area contributed by atoms with E-state index in [1.54, 1.807) is 60.2 Å². The molecule has 1 fully saturated rings. The molecule has 1 atom stereocenters. The number of carbonyl (C=O) groups is 2. The Labute approximate surface area is 205 Å². The van der Waals surface area contributed by atoms with Gasteiger partial charge in [-0.05, 0) is 61.7 Å². The first-order valence-electron chi connectivity index (χ1n) is 11.7. The van der Waals surface area contributed by atoms with Gasteiger partial charge >= 0.3 is 6.09 Å². The van der Waals surface area contributed by atoms with Gasteiger partial charge in [0.1, 0.15) is 0 Å². The Hall–Kier alpha value is -3.40. The van der Waals surface area contributed by atoms with Gasteiger partial charge in [0.15, 0.2) is 0 Å². The van der Waals surface area contributed by atoms with Crippen molar-refractivity contribution < 1.29 is 22.7 Å². The minimum absolute atomic E-state index is 0.0750. The number of anilines is 1. The third-order valence-corrected chi connectivity index (χ3v) is 7.46. The molecule has 9 nitrogen and oxygen atoms in total. The molecule has 1 saturated heterocycles. The van der Waals surface area contributed by atoms with Crippen LogP contribution in [0.5, 0.6) is 0 Å². The standard InChI is InChI=1S/C25H30N4O5S/c1-17(2)34-25(31)29-13-11-28(12-14-29)24(30)19-6-8-21(9-7-19)27-35(32,33)22-16-18(3)15-20-5-4-10-26-23(20)22/h4-10,15,17-18,27H,11-14,16H2,1-3H3. The van der Waals surface area contributed by atoms with Gasteiger partial charge < -0.3 is 14.5 Å². The molecule has 0 saturated carbocycles. The fraction of sp³-hybridized carbons (Fsp3) is 0.400. The minimum atomic E-state index is -3.82. The van der Waals surface area contributed by atoms with Gasteiger partial charge in [-0.25, -0.2) is 13.2 Å². The molecule has 0 spiro atoms. The molecule has 186 valence electrons. The highest BCUT2D eigenvalue weighted by molar-refractivity contribution is 8.01. The van der Waals surface area contributed by atoms with Crippen molar-refractivity contribution in [3.8, 4) is 0 Å². The summed E-state index contributed by atoms with van der Waals surface area (Å²) in [5.41, 5.74) is 0.821. The Bertz CT molecular complexity index is 1330. The van der Waals surface area contributed by atoms with Crippen molar-refractivity contribution in [3.05, 3.63) is 58.7 Å². The third kappa shape index (κ3) is 5.64. The van der Waals surface area contributed by atoms with E-state index in [-0.39, 0.29) is 28.9 Å². The highest BCUT2D eigenvalue weighted by atomic mass is 32.2. The van der Waals surface area contributed by atoms with E-state index in [1.165, 1.54) is 0 Å². The number of aromatic nitrogens is 1. The Morgan fingerprint density at radius 2 is 1.71 bits per heavy atom. The number of fused-ring (bicyclic) bond motifs is 1. The van der Waals surface area contributed by atoms with Crippen LogP contribution < -0.4 is 15.3 Å². The van der Waals surface area contributed by atoms with Crippen molar-refractivity contribution in [3.63, 3.8) is 0 Å². The van der Waals surface area contributed by atoms with Crippen LogP contribution in [0.15, 0.2) is 42.6 Å². The molecule has 2 heterocycles. The number of nitrogens with one attached hydrogen (secondary N) is 1. The lowest BCUT2D eigenvalue weighted by atomic mass is 10.0. The number of benzene rings is 1. The molecule has 1 aliphatic heterocycles. The maximum atomic E-state index is 13.2. The summed E-state index contributed by atoms with van der Waals surface area (Å²) in [5.74, 6) is -0.0913. The van der Waals surface area contributed by atoms with Gasteiger partial charge in [0.05, 0.1) is 16.4 Å². The van der Waals surface area contributed by atoms with E-state index in [1.807, 2.05) is 19.1 Å². The topological polar surface area (TPSA) is 109 Å². The Morgan fingerprint density at radius 3 is 2.37 bits per heavy atom. The molecule has 0 bridgehead atoms. The Balaban J connectivity index is 1.43. The van der Waals surface area contributed by atoms with Crippen molar-refractivity contribution in [1.82, 2.24) is 14.8 Å². The SMILES string of the molecule is CC1C=c2cccnc2=C(S(=O)(=O)Nc2ccc(C(=O)N3CCN(C(=O)OC(C)C)CC3)cc2)C1. The number of piperazine rings is 1. The first-order chi connectivity index (χ1) is 16.6. The van der Waals surface area contributed by atoms with E-state index >= 15 is 0 Å². The second-order valence-electron chi connectivity index (χ2n) is 9.11. The van der Waals surface area contributed by atoms with Gasteiger partial charge in [0.2, 0.25) is 0 Å². The van der Waals surface area contributed by atoms with Gasteiger partial charge in [0, 0.05) is 43.6 Å². The summed E-state index contributed by atoms with van der Waals surface area (Å²) in [4.78, 5) is 32.8. The van der Waals surface area contributed by atoms with Gasteiger partial charge in [-0.3, -0.25) is 14.5 Å². The number of ether oxygens (including phenoxy) is 1. The molecule has 2 amide bonds. The maximum Gasteiger partial charge on any atom is 0.410 e. The van der Waals surface area contributed by atoms with Crippen LogP contribution in [0.4, 0.5) is 10.5 Å². The van der Waals surface area contributed by atoms with Gasteiger partial charge in [-0.15, -0.1) is 0 Å². The van der Waals surface area contributed by atoms with Gasteiger partial charge in [-0.2, -0.15) is 0 Å².